The molecule has 0 saturated heterocycles. The van der Waals surface area contributed by atoms with Gasteiger partial charge in [0.2, 0.25) is 0 Å². The zero-order valence-electron chi connectivity index (χ0n) is 9.51. The van der Waals surface area contributed by atoms with Crippen LogP contribution in [0.5, 0.6) is 0 Å². The predicted molar refractivity (Wildman–Crippen MR) is 63.6 cm³/mol. The fourth-order valence-electron chi connectivity index (χ4n) is 1.51. The largest absolute Gasteiger partial charge is 0.265 e. The summed E-state index contributed by atoms with van der Waals surface area (Å²) in [4.78, 5) is 8.52. The van der Waals surface area contributed by atoms with Crippen molar-refractivity contribution in [3.63, 3.8) is 0 Å². The Morgan fingerprint density at radius 1 is 1.38 bits per heavy atom. The quantitative estimate of drug-likeness (QED) is 0.788. The molecule has 0 fully saturated rings. The van der Waals surface area contributed by atoms with Gasteiger partial charge in [-0.1, -0.05) is 6.58 Å². The lowest BCUT2D eigenvalue weighted by Crippen LogP contribution is -2.00. The van der Waals surface area contributed by atoms with E-state index in [2.05, 4.69) is 28.6 Å². The summed E-state index contributed by atoms with van der Waals surface area (Å²) < 4.78 is 1.92. The van der Waals surface area contributed by atoms with Gasteiger partial charge in [0, 0.05) is 30.7 Å². The van der Waals surface area contributed by atoms with Crippen molar-refractivity contribution < 1.29 is 0 Å². The molecule has 0 spiro atoms. The number of rotatable bonds is 3. The van der Waals surface area contributed by atoms with Crippen LogP contribution in [0.15, 0.2) is 31.2 Å². The molecule has 0 aliphatic heterocycles. The van der Waals surface area contributed by atoms with Crippen LogP contribution in [-0.4, -0.2) is 19.7 Å². The summed E-state index contributed by atoms with van der Waals surface area (Å²) in [6.45, 7) is 8.60. The molecule has 0 bridgehead atoms. The predicted octanol–water partition coefficient (Wildman–Crippen LogP) is 2.39. The normalized spacial score (nSPS) is 10.4. The minimum atomic E-state index is 0.686. The summed E-state index contributed by atoms with van der Waals surface area (Å²) in [7, 11) is 0. The molecule has 0 aliphatic rings. The Kier molecular flexibility index (Phi) is 2.81. The summed E-state index contributed by atoms with van der Waals surface area (Å²) in [5.74, 6) is 0.686. The molecule has 16 heavy (non-hydrogen) atoms. The summed E-state index contributed by atoms with van der Waals surface area (Å²) >= 11 is 0. The Labute approximate surface area is 94.7 Å². The molecule has 2 rings (SSSR count). The van der Waals surface area contributed by atoms with Crippen molar-refractivity contribution in [1.82, 2.24) is 19.7 Å². The van der Waals surface area contributed by atoms with Crippen molar-refractivity contribution in [1.29, 1.82) is 0 Å². The molecule has 4 nitrogen and oxygen atoms in total. The highest BCUT2D eigenvalue weighted by Crippen LogP contribution is 2.17. The zero-order chi connectivity index (χ0) is 11.5. The number of allylic oxidation sites excluding steroid dienone is 1. The van der Waals surface area contributed by atoms with E-state index in [1.54, 1.807) is 18.6 Å². The van der Waals surface area contributed by atoms with Crippen molar-refractivity contribution in [3.05, 3.63) is 37.1 Å². The van der Waals surface area contributed by atoms with Crippen LogP contribution < -0.4 is 0 Å². The van der Waals surface area contributed by atoms with Gasteiger partial charge in [-0.2, -0.15) is 5.10 Å². The SMILES string of the molecule is C=C(C)c1ncc(-c2ccnn2CC)cn1. The van der Waals surface area contributed by atoms with Crippen LogP contribution in [0.25, 0.3) is 16.8 Å². The lowest BCUT2D eigenvalue weighted by molar-refractivity contribution is 0.666. The number of hydrogen-bond acceptors (Lipinski definition) is 3. The maximum atomic E-state index is 4.26. The molecule has 2 aromatic heterocycles. The lowest BCUT2D eigenvalue weighted by atomic mass is 10.2. The molecule has 0 N–H and O–H groups in total. The molecule has 0 aliphatic carbocycles. The molecule has 0 radical (unpaired) electrons. The van der Waals surface area contributed by atoms with Crippen molar-refractivity contribution in [2.75, 3.05) is 0 Å². The van der Waals surface area contributed by atoms with Crippen LogP contribution in [0.1, 0.15) is 19.7 Å². The van der Waals surface area contributed by atoms with Crippen LogP contribution in [0.4, 0.5) is 0 Å². The molecule has 2 aromatic rings. The van der Waals surface area contributed by atoms with E-state index < -0.39 is 0 Å². The van der Waals surface area contributed by atoms with Crippen molar-refractivity contribution in [3.8, 4) is 11.3 Å². The van der Waals surface area contributed by atoms with E-state index in [9.17, 15) is 0 Å². The van der Waals surface area contributed by atoms with Gasteiger partial charge in [0.15, 0.2) is 5.82 Å². The minimum absolute atomic E-state index is 0.686. The highest BCUT2D eigenvalue weighted by molar-refractivity contribution is 5.59. The number of nitrogens with zero attached hydrogens (tertiary/aromatic N) is 4. The fourth-order valence-corrected chi connectivity index (χ4v) is 1.51. The molecular formula is C12H14N4. The summed E-state index contributed by atoms with van der Waals surface area (Å²) in [5, 5.41) is 4.21. The van der Waals surface area contributed by atoms with E-state index in [1.807, 2.05) is 17.7 Å². The summed E-state index contributed by atoms with van der Waals surface area (Å²) in [6, 6.07) is 1.96. The summed E-state index contributed by atoms with van der Waals surface area (Å²) in [6.07, 6.45) is 5.39. The number of hydrogen-bond donors (Lipinski definition) is 0. The first-order chi connectivity index (χ1) is 7.72. The van der Waals surface area contributed by atoms with E-state index in [4.69, 9.17) is 0 Å². The average Bonchev–Trinajstić information content (AvgIpc) is 2.77. The van der Waals surface area contributed by atoms with Crippen LogP contribution in [-0.2, 0) is 6.54 Å². The Hall–Kier alpha value is -1.97. The van der Waals surface area contributed by atoms with E-state index in [-0.39, 0.29) is 0 Å². The van der Waals surface area contributed by atoms with Crippen LogP contribution in [0.3, 0.4) is 0 Å². The first kappa shape index (κ1) is 10.5. The number of aryl methyl sites for hydroxylation is 1. The Morgan fingerprint density at radius 3 is 2.62 bits per heavy atom. The molecule has 0 atom stereocenters. The minimum Gasteiger partial charge on any atom is -0.265 e. The van der Waals surface area contributed by atoms with Crippen molar-refractivity contribution >= 4 is 5.57 Å². The zero-order valence-corrected chi connectivity index (χ0v) is 9.51. The van der Waals surface area contributed by atoms with Gasteiger partial charge in [-0.3, -0.25) is 4.68 Å². The van der Waals surface area contributed by atoms with Crippen LogP contribution >= 0.6 is 0 Å². The third-order valence-electron chi connectivity index (χ3n) is 2.35. The molecule has 0 amide bonds. The van der Waals surface area contributed by atoms with Crippen molar-refractivity contribution in [2.24, 2.45) is 0 Å². The van der Waals surface area contributed by atoms with Gasteiger partial charge in [0.25, 0.3) is 0 Å². The third kappa shape index (κ3) is 1.86. The Morgan fingerprint density at radius 2 is 2.06 bits per heavy atom. The lowest BCUT2D eigenvalue weighted by Gasteiger charge is -2.04. The van der Waals surface area contributed by atoms with E-state index in [1.165, 1.54) is 0 Å². The van der Waals surface area contributed by atoms with E-state index in [0.717, 1.165) is 23.4 Å². The third-order valence-corrected chi connectivity index (χ3v) is 2.35. The first-order valence-corrected chi connectivity index (χ1v) is 5.22. The highest BCUT2D eigenvalue weighted by Gasteiger charge is 2.05. The smallest absolute Gasteiger partial charge is 0.154 e. The van der Waals surface area contributed by atoms with Gasteiger partial charge in [-0.05, 0) is 25.5 Å². The Bertz CT molecular complexity index is 496. The maximum Gasteiger partial charge on any atom is 0.154 e. The monoisotopic (exact) mass is 214 g/mol. The van der Waals surface area contributed by atoms with Crippen molar-refractivity contribution in [2.45, 2.75) is 20.4 Å². The molecule has 0 unspecified atom stereocenters. The fraction of sp³-hybridized carbons (Fsp3) is 0.250. The van der Waals surface area contributed by atoms with E-state index in [0.29, 0.717) is 5.82 Å². The van der Waals surface area contributed by atoms with Crippen LogP contribution in [0.2, 0.25) is 0 Å². The molecule has 4 heteroatoms. The van der Waals surface area contributed by atoms with Gasteiger partial charge in [-0.15, -0.1) is 0 Å². The van der Waals surface area contributed by atoms with Gasteiger partial charge in [-0.25, -0.2) is 9.97 Å². The van der Waals surface area contributed by atoms with Crippen LogP contribution in [0, 0.1) is 0 Å². The van der Waals surface area contributed by atoms with Gasteiger partial charge < -0.3 is 0 Å². The van der Waals surface area contributed by atoms with Gasteiger partial charge in [0.05, 0.1) is 5.69 Å². The molecule has 0 saturated carbocycles. The Balaban J connectivity index is 2.38. The van der Waals surface area contributed by atoms with Gasteiger partial charge >= 0.3 is 0 Å². The second kappa shape index (κ2) is 4.26. The summed E-state index contributed by atoms with van der Waals surface area (Å²) in [5.41, 5.74) is 2.88. The topological polar surface area (TPSA) is 43.6 Å². The van der Waals surface area contributed by atoms with Gasteiger partial charge in [0.1, 0.15) is 0 Å². The maximum absolute atomic E-state index is 4.26. The second-order valence-corrected chi connectivity index (χ2v) is 3.61. The highest BCUT2D eigenvalue weighted by atomic mass is 15.3. The first-order valence-electron chi connectivity index (χ1n) is 5.22. The van der Waals surface area contributed by atoms with E-state index >= 15 is 0 Å². The second-order valence-electron chi connectivity index (χ2n) is 3.61. The standard InChI is InChI=1S/C12H14N4/c1-4-16-11(5-6-15-16)10-7-13-12(9(2)3)14-8-10/h5-8H,2,4H2,1,3H3. The molecule has 2 heterocycles. The number of aromatic nitrogens is 4. The molecule has 0 aromatic carbocycles. The molecular weight excluding hydrogens is 200 g/mol. The average molecular weight is 214 g/mol. The molecule has 82 valence electrons.